The molecule has 2 N–H and O–H groups in total. The maximum atomic E-state index is 13.0. The highest BCUT2D eigenvalue weighted by molar-refractivity contribution is 6.05. The number of aromatic carboxylic acids is 1. The average molecular weight is 351 g/mol. The first kappa shape index (κ1) is 17.2. The lowest BCUT2D eigenvalue weighted by Gasteiger charge is -2.12. The molecule has 0 aliphatic rings. The number of para-hydroxylation sites is 2. The summed E-state index contributed by atoms with van der Waals surface area (Å²) in [5, 5.41) is 11.6. The minimum atomic E-state index is -1.02. The Kier molecular flexibility index (Phi) is 4.94. The maximum Gasteiger partial charge on any atom is 0.335 e. The molecule has 1 amide bonds. The van der Waals surface area contributed by atoms with E-state index < -0.39 is 17.7 Å². The van der Waals surface area contributed by atoms with E-state index in [0.29, 0.717) is 22.7 Å². The summed E-state index contributed by atoms with van der Waals surface area (Å²) in [6, 6.07) is 17.9. The lowest BCUT2D eigenvalue weighted by atomic mass is 10.2. The fourth-order valence-corrected chi connectivity index (χ4v) is 2.25. The van der Waals surface area contributed by atoms with Crippen LogP contribution in [0.1, 0.15) is 20.7 Å². The number of carboxylic acids is 1. The van der Waals surface area contributed by atoms with Crippen molar-refractivity contribution < 1.29 is 23.8 Å². The van der Waals surface area contributed by atoms with E-state index >= 15 is 0 Å². The zero-order valence-electron chi connectivity index (χ0n) is 13.5. The molecule has 26 heavy (non-hydrogen) atoms. The van der Waals surface area contributed by atoms with E-state index in [1.165, 1.54) is 48.5 Å². The lowest BCUT2D eigenvalue weighted by molar-refractivity contribution is 0.0696. The molecule has 0 bridgehead atoms. The van der Waals surface area contributed by atoms with Crippen molar-refractivity contribution >= 4 is 17.6 Å². The van der Waals surface area contributed by atoms with Crippen molar-refractivity contribution in [1.29, 1.82) is 0 Å². The van der Waals surface area contributed by atoms with Crippen LogP contribution in [0.3, 0.4) is 0 Å². The van der Waals surface area contributed by atoms with Crippen LogP contribution < -0.4 is 10.1 Å². The van der Waals surface area contributed by atoms with Gasteiger partial charge in [0.1, 0.15) is 11.6 Å². The molecule has 0 radical (unpaired) electrons. The van der Waals surface area contributed by atoms with Gasteiger partial charge in [0.2, 0.25) is 0 Å². The van der Waals surface area contributed by atoms with E-state index in [-0.39, 0.29) is 5.56 Å². The van der Waals surface area contributed by atoms with Crippen molar-refractivity contribution in [1.82, 2.24) is 0 Å². The fraction of sp³-hybridized carbons (Fsp3) is 0. The molecule has 3 rings (SSSR count). The van der Waals surface area contributed by atoms with Gasteiger partial charge in [0.05, 0.1) is 11.3 Å². The van der Waals surface area contributed by atoms with Crippen molar-refractivity contribution in [3.05, 3.63) is 89.7 Å². The molecule has 3 aromatic rings. The van der Waals surface area contributed by atoms with Gasteiger partial charge in [-0.1, -0.05) is 12.1 Å². The van der Waals surface area contributed by atoms with Crippen molar-refractivity contribution in [3.63, 3.8) is 0 Å². The quantitative estimate of drug-likeness (QED) is 0.706. The van der Waals surface area contributed by atoms with E-state index in [1.807, 2.05) is 0 Å². The number of hydrogen-bond acceptors (Lipinski definition) is 3. The van der Waals surface area contributed by atoms with Crippen LogP contribution in [0.25, 0.3) is 0 Å². The van der Waals surface area contributed by atoms with Crippen LogP contribution in [0.15, 0.2) is 72.8 Å². The van der Waals surface area contributed by atoms with Gasteiger partial charge < -0.3 is 15.2 Å². The third-order valence-electron chi connectivity index (χ3n) is 3.57. The van der Waals surface area contributed by atoms with Gasteiger partial charge in [-0.2, -0.15) is 0 Å². The van der Waals surface area contributed by atoms with Crippen molar-refractivity contribution in [3.8, 4) is 11.5 Å². The van der Waals surface area contributed by atoms with Gasteiger partial charge in [-0.25, -0.2) is 9.18 Å². The summed E-state index contributed by atoms with van der Waals surface area (Å²) in [5.74, 6) is -1.02. The molecule has 5 nitrogen and oxygen atoms in total. The maximum absolute atomic E-state index is 13.0. The Morgan fingerprint density at radius 2 is 1.46 bits per heavy atom. The summed E-state index contributed by atoms with van der Waals surface area (Å²) < 4.78 is 18.7. The topological polar surface area (TPSA) is 75.6 Å². The second-order valence-corrected chi connectivity index (χ2v) is 5.39. The van der Waals surface area contributed by atoms with Gasteiger partial charge in [-0.3, -0.25) is 4.79 Å². The number of carbonyl (C=O) groups is 2. The molecule has 0 aromatic heterocycles. The Morgan fingerprint density at radius 3 is 2.12 bits per heavy atom. The summed E-state index contributed by atoms with van der Waals surface area (Å²) in [5.41, 5.74) is 0.895. The van der Waals surface area contributed by atoms with E-state index in [0.717, 1.165) is 0 Å². The molecule has 0 aliphatic heterocycles. The number of nitrogens with one attached hydrogen (secondary N) is 1. The first-order valence-corrected chi connectivity index (χ1v) is 7.70. The molecule has 0 heterocycles. The molecule has 0 atom stereocenters. The predicted molar refractivity (Wildman–Crippen MR) is 94.3 cm³/mol. The number of carbonyl (C=O) groups excluding carboxylic acids is 1. The highest BCUT2D eigenvalue weighted by atomic mass is 19.1. The largest absolute Gasteiger partial charge is 0.478 e. The lowest BCUT2D eigenvalue weighted by Crippen LogP contribution is -2.12. The van der Waals surface area contributed by atoms with Crippen molar-refractivity contribution in [2.75, 3.05) is 5.32 Å². The number of halogens is 1. The van der Waals surface area contributed by atoms with Gasteiger partial charge in [-0.05, 0) is 60.7 Å². The molecule has 0 spiro atoms. The fourth-order valence-electron chi connectivity index (χ4n) is 2.25. The molecule has 0 saturated heterocycles. The third-order valence-corrected chi connectivity index (χ3v) is 3.57. The Labute approximate surface area is 148 Å². The zero-order valence-corrected chi connectivity index (χ0v) is 13.5. The van der Waals surface area contributed by atoms with Gasteiger partial charge >= 0.3 is 5.97 Å². The van der Waals surface area contributed by atoms with Crippen LogP contribution in [0, 0.1) is 5.82 Å². The minimum absolute atomic E-state index is 0.148. The number of carboxylic acid groups (broad SMARTS) is 1. The zero-order chi connectivity index (χ0) is 18.5. The predicted octanol–water partition coefficient (Wildman–Crippen LogP) is 4.57. The number of hydrogen-bond donors (Lipinski definition) is 2. The number of anilines is 1. The van der Waals surface area contributed by atoms with E-state index in [1.54, 1.807) is 24.3 Å². The standard InChI is InChI=1S/C20H14FNO4/c21-15-9-5-13(6-10-15)19(23)22-17-3-1-2-4-18(17)26-16-11-7-14(8-12-16)20(24)25/h1-12H,(H,22,23)(H,24,25). The van der Waals surface area contributed by atoms with Crippen molar-refractivity contribution in [2.45, 2.75) is 0 Å². The monoisotopic (exact) mass is 351 g/mol. The second-order valence-electron chi connectivity index (χ2n) is 5.39. The molecular weight excluding hydrogens is 337 g/mol. The number of amides is 1. The molecule has 0 unspecified atom stereocenters. The summed E-state index contributed by atoms with van der Waals surface area (Å²) in [7, 11) is 0. The summed E-state index contributed by atoms with van der Waals surface area (Å²) in [4.78, 5) is 23.2. The SMILES string of the molecule is O=C(O)c1ccc(Oc2ccccc2NC(=O)c2ccc(F)cc2)cc1. The molecule has 0 aliphatic carbocycles. The highest BCUT2D eigenvalue weighted by Gasteiger charge is 2.11. The molecule has 130 valence electrons. The van der Waals surface area contributed by atoms with Crippen LogP contribution in [-0.2, 0) is 0 Å². The first-order valence-electron chi connectivity index (χ1n) is 7.70. The third kappa shape index (κ3) is 4.05. The molecule has 3 aromatic carbocycles. The van der Waals surface area contributed by atoms with Crippen LogP contribution in [0.2, 0.25) is 0 Å². The van der Waals surface area contributed by atoms with E-state index in [4.69, 9.17) is 9.84 Å². The number of benzene rings is 3. The van der Waals surface area contributed by atoms with Gasteiger partial charge in [-0.15, -0.1) is 0 Å². The summed E-state index contributed by atoms with van der Waals surface area (Å²) in [6.07, 6.45) is 0. The van der Waals surface area contributed by atoms with E-state index in [9.17, 15) is 14.0 Å². The first-order chi connectivity index (χ1) is 12.5. The van der Waals surface area contributed by atoms with Gasteiger partial charge in [0.25, 0.3) is 5.91 Å². The average Bonchev–Trinajstić information content (AvgIpc) is 2.64. The normalized spacial score (nSPS) is 10.2. The Balaban J connectivity index is 1.78. The van der Waals surface area contributed by atoms with Crippen LogP contribution in [-0.4, -0.2) is 17.0 Å². The molecule has 6 heteroatoms. The number of rotatable bonds is 5. The minimum Gasteiger partial charge on any atom is -0.478 e. The Hall–Kier alpha value is -3.67. The summed E-state index contributed by atoms with van der Waals surface area (Å²) >= 11 is 0. The molecular formula is C20H14FNO4. The van der Waals surface area contributed by atoms with Crippen LogP contribution >= 0.6 is 0 Å². The smallest absolute Gasteiger partial charge is 0.335 e. The Morgan fingerprint density at radius 1 is 0.846 bits per heavy atom. The molecule has 0 fully saturated rings. The van der Waals surface area contributed by atoms with Gasteiger partial charge in [0, 0.05) is 5.56 Å². The number of ether oxygens (including phenoxy) is 1. The highest BCUT2D eigenvalue weighted by Crippen LogP contribution is 2.29. The second kappa shape index (κ2) is 7.48. The summed E-state index contributed by atoms with van der Waals surface area (Å²) in [6.45, 7) is 0. The molecule has 0 saturated carbocycles. The van der Waals surface area contributed by atoms with Crippen LogP contribution in [0.5, 0.6) is 11.5 Å². The van der Waals surface area contributed by atoms with Gasteiger partial charge in [0.15, 0.2) is 5.75 Å². The van der Waals surface area contributed by atoms with Crippen molar-refractivity contribution in [2.24, 2.45) is 0 Å². The van der Waals surface area contributed by atoms with E-state index in [2.05, 4.69) is 5.32 Å². The van der Waals surface area contributed by atoms with Crippen LogP contribution in [0.4, 0.5) is 10.1 Å². The Bertz CT molecular complexity index is 937.